The molecular formula is C11H17N5O2. The summed E-state index contributed by atoms with van der Waals surface area (Å²) in [7, 11) is 1.60. The standard InChI is InChI=1S/C11H17N5O2/c1-15(6-10(17)13-8-2-3-8)11(18)7-16-5-4-9(12)14-16/h4-5,8H,2-3,6-7H2,1H3,(H2,12,14)(H,13,17). The van der Waals surface area contributed by atoms with Crippen LogP contribution in [0.2, 0.25) is 0 Å². The monoisotopic (exact) mass is 251 g/mol. The summed E-state index contributed by atoms with van der Waals surface area (Å²) in [5, 5.41) is 6.75. The Bertz CT molecular complexity index is 452. The van der Waals surface area contributed by atoms with E-state index in [2.05, 4.69) is 10.4 Å². The van der Waals surface area contributed by atoms with Crippen molar-refractivity contribution in [1.29, 1.82) is 0 Å². The number of hydrogen-bond acceptors (Lipinski definition) is 4. The third-order valence-corrected chi connectivity index (χ3v) is 2.71. The van der Waals surface area contributed by atoms with E-state index in [4.69, 9.17) is 5.73 Å². The van der Waals surface area contributed by atoms with E-state index in [1.165, 1.54) is 9.58 Å². The minimum absolute atomic E-state index is 0.0755. The maximum absolute atomic E-state index is 11.8. The number of nitrogens with one attached hydrogen (secondary N) is 1. The highest BCUT2D eigenvalue weighted by Crippen LogP contribution is 2.18. The van der Waals surface area contributed by atoms with Crippen LogP contribution in [0.5, 0.6) is 0 Å². The summed E-state index contributed by atoms with van der Waals surface area (Å²) in [6.45, 7) is 0.163. The Morgan fingerprint density at radius 1 is 1.61 bits per heavy atom. The maximum atomic E-state index is 11.8. The third kappa shape index (κ3) is 3.47. The summed E-state index contributed by atoms with van der Waals surface area (Å²) < 4.78 is 1.45. The number of nitrogens with zero attached hydrogens (tertiary/aromatic N) is 3. The predicted octanol–water partition coefficient (Wildman–Crippen LogP) is -0.798. The number of nitrogens with two attached hydrogens (primary N) is 1. The first-order valence-electron chi connectivity index (χ1n) is 5.87. The number of carbonyl (C=O) groups excluding carboxylic acids is 2. The van der Waals surface area contributed by atoms with Gasteiger partial charge in [0.05, 0.1) is 6.54 Å². The Hall–Kier alpha value is -2.05. The van der Waals surface area contributed by atoms with Crippen molar-refractivity contribution in [3.63, 3.8) is 0 Å². The van der Waals surface area contributed by atoms with Gasteiger partial charge in [0.2, 0.25) is 11.8 Å². The van der Waals surface area contributed by atoms with Gasteiger partial charge in [-0.15, -0.1) is 0 Å². The van der Waals surface area contributed by atoms with Crippen LogP contribution in [0.25, 0.3) is 0 Å². The molecule has 1 aliphatic rings. The molecule has 7 nitrogen and oxygen atoms in total. The fourth-order valence-corrected chi connectivity index (χ4v) is 1.53. The number of aromatic nitrogens is 2. The lowest BCUT2D eigenvalue weighted by molar-refractivity contribution is -0.135. The highest BCUT2D eigenvalue weighted by Gasteiger charge is 2.24. The molecule has 1 aliphatic carbocycles. The van der Waals surface area contributed by atoms with E-state index in [0.29, 0.717) is 11.9 Å². The molecule has 1 aromatic heterocycles. The van der Waals surface area contributed by atoms with E-state index >= 15 is 0 Å². The van der Waals surface area contributed by atoms with Crippen molar-refractivity contribution in [1.82, 2.24) is 20.0 Å². The van der Waals surface area contributed by atoms with Crippen molar-refractivity contribution in [2.24, 2.45) is 0 Å². The maximum Gasteiger partial charge on any atom is 0.244 e. The Labute approximate surface area is 105 Å². The molecule has 0 bridgehead atoms. The number of nitrogen functional groups attached to an aromatic ring is 1. The summed E-state index contributed by atoms with van der Waals surface area (Å²) in [5.74, 6) is 0.0781. The lowest BCUT2D eigenvalue weighted by Crippen LogP contribution is -2.40. The van der Waals surface area contributed by atoms with Gasteiger partial charge in [-0.25, -0.2) is 0 Å². The molecule has 98 valence electrons. The second-order valence-electron chi connectivity index (χ2n) is 4.53. The average Bonchev–Trinajstić information content (AvgIpc) is 3.00. The molecule has 3 N–H and O–H groups in total. The van der Waals surface area contributed by atoms with Gasteiger partial charge in [-0.05, 0) is 18.9 Å². The predicted molar refractivity (Wildman–Crippen MR) is 65.4 cm³/mol. The summed E-state index contributed by atoms with van der Waals surface area (Å²) in [5.41, 5.74) is 5.45. The zero-order valence-corrected chi connectivity index (χ0v) is 10.3. The summed E-state index contributed by atoms with van der Waals surface area (Å²) >= 11 is 0. The van der Waals surface area contributed by atoms with E-state index in [0.717, 1.165) is 12.8 Å². The largest absolute Gasteiger partial charge is 0.382 e. The molecule has 1 heterocycles. The van der Waals surface area contributed by atoms with Gasteiger partial charge < -0.3 is 16.0 Å². The fourth-order valence-electron chi connectivity index (χ4n) is 1.53. The van der Waals surface area contributed by atoms with Crippen molar-refractivity contribution < 1.29 is 9.59 Å². The Kier molecular flexibility index (Phi) is 3.50. The van der Waals surface area contributed by atoms with Crippen LogP contribution in [0.4, 0.5) is 5.82 Å². The Balaban J connectivity index is 1.78. The molecule has 1 aromatic rings. The van der Waals surface area contributed by atoms with Crippen LogP contribution in [0.3, 0.4) is 0 Å². The van der Waals surface area contributed by atoms with Crippen LogP contribution >= 0.6 is 0 Å². The van der Waals surface area contributed by atoms with E-state index in [1.54, 1.807) is 19.3 Å². The lowest BCUT2D eigenvalue weighted by Gasteiger charge is -2.16. The molecule has 0 unspecified atom stereocenters. The zero-order chi connectivity index (χ0) is 13.1. The quantitative estimate of drug-likeness (QED) is 0.716. The highest BCUT2D eigenvalue weighted by molar-refractivity contribution is 5.84. The van der Waals surface area contributed by atoms with Crippen LogP contribution < -0.4 is 11.1 Å². The Morgan fingerprint density at radius 2 is 2.33 bits per heavy atom. The van der Waals surface area contributed by atoms with Crippen LogP contribution in [0.15, 0.2) is 12.3 Å². The van der Waals surface area contributed by atoms with Crippen LogP contribution in [0, 0.1) is 0 Å². The number of rotatable bonds is 5. The molecule has 0 radical (unpaired) electrons. The van der Waals surface area contributed by atoms with E-state index < -0.39 is 0 Å². The smallest absolute Gasteiger partial charge is 0.244 e. The average molecular weight is 251 g/mol. The number of likely N-dealkylation sites (N-methyl/N-ethyl adjacent to an activating group) is 1. The van der Waals surface area contributed by atoms with Gasteiger partial charge in [0.25, 0.3) is 0 Å². The second-order valence-corrected chi connectivity index (χ2v) is 4.53. The number of carbonyl (C=O) groups is 2. The molecule has 0 aromatic carbocycles. The van der Waals surface area contributed by atoms with Crippen LogP contribution in [-0.2, 0) is 16.1 Å². The van der Waals surface area contributed by atoms with Gasteiger partial charge >= 0.3 is 0 Å². The van der Waals surface area contributed by atoms with E-state index in [1.807, 2.05) is 0 Å². The number of amides is 2. The molecule has 0 spiro atoms. The molecule has 0 atom stereocenters. The minimum Gasteiger partial charge on any atom is -0.382 e. The first kappa shape index (κ1) is 12.4. The van der Waals surface area contributed by atoms with Crippen molar-refractivity contribution in [3.05, 3.63) is 12.3 Å². The molecule has 1 saturated carbocycles. The second kappa shape index (κ2) is 5.07. The summed E-state index contributed by atoms with van der Waals surface area (Å²) in [6.07, 6.45) is 3.71. The molecule has 0 aliphatic heterocycles. The normalized spacial score (nSPS) is 14.3. The van der Waals surface area contributed by atoms with Crippen molar-refractivity contribution >= 4 is 17.6 Å². The molecule has 18 heavy (non-hydrogen) atoms. The van der Waals surface area contributed by atoms with Gasteiger partial charge in [-0.2, -0.15) is 5.10 Å². The first-order valence-corrected chi connectivity index (χ1v) is 5.87. The molecule has 2 rings (SSSR count). The first-order chi connectivity index (χ1) is 8.54. The van der Waals surface area contributed by atoms with E-state index in [-0.39, 0.29) is 24.9 Å². The minimum atomic E-state index is -0.177. The molecular weight excluding hydrogens is 234 g/mol. The lowest BCUT2D eigenvalue weighted by atomic mass is 10.4. The van der Waals surface area contributed by atoms with Gasteiger partial charge in [0, 0.05) is 19.3 Å². The molecule has 0 saturated heterocycles. The van der Waals surface area contributed by atoms with Gasteiger partial charge in [-0.3, -0.25) is 14.3 Å². The van der Waals surface area contributed by atoms with Gasteiger partial charge in [0.15, 0.2) is 0 Å². The summed E-state index contributed by atoms with van der Waals surface area (Å²) in [4.78, 5) is 24.7. The van der Waals surface area contributed by atoms with Crippen LogP contribution in [-0.4, -0.2) is 46.1 Å². The SMILES string of the molecule is CN(CC(=O)NC1CC1)C(=O)Cn1ccc(N)n1. The summed E-state index contributed by atoms with van der Waals surface area (Å²) in [6, 6.07) is 1.93. The molecule has 1 fully saturated rings. The third-order valence-electron chi connectivity index (χ3n) is 2.71. The molecule has 7 heteroatoms. The molecule has 2 amide bonds. The fraction of sp³-hybridized carbons (Fsp3) is 0.545. The Morgan fingerprint density at radius 3 is 2.89 bits per heavy atom. The number of hydrogen-bond donors (Lipinski definition) is 2. The topological polar surface area (TPSA) is 93.2 Å². The van der Waals surface area contributed by atoms with Gasteiger partial charge in [-0.1, -0.05) is 0 Å². The van der Waals surface area contributed by atoms with Crippen molar-refractivity contribution in [3.8, 4) is 0 Å². The zero-order valence-electron chi connectivity index (χ0n) is 10.3. The van der Waals surface area contributed by atoms with Gasteiger partial charge in [0.1, 0.15) is 12.4 Å². The van der Waals surface area contributed by atoms with Crippen LogP contribution in [0.1, 0.15) is 12.8 Å². The van der Waals surface area contributed by atoms with E-state index in [9.17, 15) is 9.59 Å². The highest BCUT2D eigenvalue weighted by atomic mass is 16.2. The number of anilines is 1. The van der Waals surface area contributed by atoms with Crippen molar-refractivity contribution in [2.45, 2.75) is 25.4 Å². The van der Waals surface area contributed by atoms with Crippen molar-refractivity contribution in [2.75, 3.05) is 19.3 Å².